The lowest BCUT2D eigenvalue weighted by Gasteiger charge is -2.21. The van der Waals surface area contributed by atoms with Gasteiger partial charge in [0.15, 0.2) is 5.16 Å². The Labute approximate surface area is 138 Å². The molecule has 0 aliphatic carbocycles. The van der Waals surface area contributed by atoms with Gasteiger partial charge in [0, 0.05) is 24.1 Å². The Kier molecular flexibility index (Phi) is 5.21. The molecule has 7 heteroatoms. The summed E-state index contributed by atoms with van der Waals surface area (Å²) >= 11 is 9.31. The molecular weight excluding hydrogens is 324 g/mol. The van der Waals surface area contributed by atoms with Crippen molar-refractivity contribution in [1.82, 2.24) is 20.1 Å². The van der Waals surface area contributed by atoms with Gasteiger partial charge in [-0.2, -0.15) is 0 Å². The zero-order valence-corrected chi connectivity index (χ0v) is 14.4. The molecule has 0 unspecified atom stereocenters. The number of halogens is 1. The first-order valence-electron chi connectivity index (χ1n) is 7.18. The first kappa shape index (κ1) is 15.3. The van der Waals surface area contributed by atoms with Gasteiger partial charge in [-0.15, -0.1) is 21.5 Å². The molecule has 2 aromatic heterocycles. The van der Waals surface area contributed by atoms with Crippen molar-refractivity contribution in [2.75, 3.05) is 13.1 Å². The predicted molar refractivity (Wildman–Crippen MR) is 89.2 cm³/mol. The van der Waals surface area contributed by atoms with Crippen LogP contribution in [0.3, 0.4) is 0 Å². The topological polar surface area (TPSA) is 42.7 Å². The summed E-state index contributed by atoms with van der Waals surface area (Å²) in [7, 11) is 2.07. The van der Waals surface area contributed by atoms with Crippen LogP contribution in [0.15, 0.2) is 17.3 Å². The zero-order chi connectivity index (χ0) is 14.7. The molecule has 1 aliphatic heterocycles. The average molecular weight is 343 g/mol. The maximum Gasteiger partial charge on any atom is 0.191 e. The maximum atomic E-state index is 5.96. The van der Waals surface area contributed by atoms with Crippen LogP contribution in [0.2, 0.25) is 4.34 Å². The summed E-state index contributed by atoms with van der Waals surface area (Å²) in [5, 5.41) is 13.1. The van der Waals surface area contributed by atoms with Crippen molar-refractivity contribution < 1.29 is 0 Å². The first-order chi connectivity index (χ1) is 10.2. The highest BCUT2D eigenvalue weighted by Gasteiger charge is 2.18. The van der Waals surface area contributed by atoms with Gasteiger partial charge < -0.3 is 9.88 Å². The van der Waals surface area contributed by atoms with Crippen molar-refractivity contribution in [3.8, 4) is 0 Å². The molecule has 4 nitrogen and oxygen atoms in total. The molecule has 1 N–H and O–H groups in total. The van der Waals surface area contributed by atoms with Crippen molar-refractivity contribution in [2.24, 2.45) is 13.0 Å². The van der Waals surface area contributed by atoms with E-state index in [1.54, 1.807) is 23.1 Å². The average Bonchev–Trinajstić information content (AvgIpc) is 3.06. The van der Waals surface area contributed by atoms with Gasteiger partial charge in [-0.3, -0.25) is 0 Å². The fourth-order valence-corrected chi connectivity index (χ4v) is 4.62. The number of aromatic nitrogens is 3. The zero-order valence-electron chi connectivity index (χ0n) is 12.0. The fourth-order valence-electron chi connectivity index (χ4n) is 2.56. The van der Waals surface area contributed by atoms with Crippen molar-refractivity contribution in [3.63, 3.8) is 0 Å². The summed E-state index contributed by atoms with van der Waals surface area (Å²) < 4.78 is 2.98. The lowest BCUT2D eigenvalue weighted by atomic mass is 9.94. The minimum Gasteiger partial charge on any atom is -0.317 e. The van der Waals surface area contributed by atoms with E-state index < -0.39 is 0 Å². The maximum absolute atomic E-state index is 5.96. The standard InChI is InChI=1S/C14H19ClN4S2/c1-19-13(8-10-4-6-16-7-5-10)17-18-14(19)20-9-11-2-3-12(15)21-11/h2-3,10,16H,4-9H2,1H3. The number of nitrogens with zero attached hydrogens (tertiary/aromatic N) is 3. The van der Waals surface area contributed by atoms with Gasteiger partial charge >= 0.3 is 0 Å². The fraction of sp³-hybridized carbons (Fsp3) is 0.571. The van der Waals surface area contributed by atoms with Crippen molar-refractivity contribution in [3.05, 3.63) is 27.2 Å². The highest BCUT2D eigenvalue weighted by molar-refractivity contribution is 7.98. The van der Waals surface area contributed by atoms with Crippen LogP contribution >= 0.6 is 34.7 Å². The van der Waals surface area contributed by atoms with Crippen LogP contribution in [0.25, 0.3) is 0 Å². The van der Waals surface area contributed by atoms with E-state index in [9.17, 15) is 0 Å². The molecular formula is C14H19ClN4S2. The summed E-state index contributed by atoms with van der Waals surface area (Å²) in [6, 6.07) is 4.02. The van der Waals surface area contributed by atoms with E-state index in [1.807, 2.05) is 6.07 Å². The van der Waals surface area contributed by atoms with Gasteiger partial charge in [-0.05, 0) is 44.0 Å². The molecule has 21 heavy (non-hydrogen) atoms. The molecule has 3 heterocycles. The highest BCUT2D eigenvalue weighted by atomic mass is 35.5. The monoisotopic (exact) mass is 342 g/mol. The van der Waals surface area contributed by atoms with E-state index in [2.05, 4.69) is 33.2 Å². The molecule has 114 valence electrons. The Bertz CT molecular complexity index is 590. The normalized spacial score (nSPS) is 16.5. The molecule has 0 aromatic carbocycles. The van der Waals surface area contributed by atoms with Crippen molar-refractivity contribution >= 4 is 34.7 Å². The Morgan fingerprint density at radius 3 is 2.90 bits per heavy atom. The highest BCUT2D eigenvalue weighted by Crippen LogP contribution is 2.28. The first-order valence-corrected chi connectivity index (χ1v) is 9.36. The largest absolute Gasteiger partial charge is 0.317 e. The third kappa shape index (κ3) is 4.00. The van der Waals surface area contributed by atoms with E-state index in [1.165, 1.54) is 17.7 Å². The van der Waals surface area contributed by atoms with Gasteiger partial charge in [0.25, 0.3) is 0 Å². The van der Waals surface area contributed by atoms with Crippen LogP contribution in [0.5, 0.6) is 0 Å². The van der Waals surface area contributed by atoms with Gasteiger partial charge in [0.1, 0.15) is 5.82 Å². The number of hydrogen-bond donors (Lipinski definition) is 1. The second kappa shape index (κ2) is 7.13. The molecule has 0 atom stereocenters. The minimum atomic E-state index is 0.739. The molecule has 1 aliphatic rings. The number of thiophene rings is 1. The smallest absolute Gasteiger partial charge is 0.191 e. The number of nitrogens with one attached hydrogen (secondary N) is 1. The van der Waals surface area contributed by atoms with E-state index in [0.717, 1.165) is 46.5 Å². The summed E-state index contributed by atoms with van der Waals surface area (Å²) in [6.45, 7) is 2.26. The summed E-state index contributed by atoms with van der Waals surface area (Å²) in [5.74, 6) is 2.74. The molecule has 0 amide bonds. The summed E-state index contributed by atoms with van der Waals surface area (Å²) in [4.78, 5) is 1.27. The molecule has 1 saturated heterocycles. The van der Waals surface area contributed by atoms with Crippen LogP contribution in [0, 0.1) is 5.92 Å². The summed E-state index contributed by atoms with van der Waals surface area (Å²) in [5.41, 5.74) is 0. The van der Waals surface area contributed by atoms with Crippen LogP contribution in [-0.4, -0.2) is 27.9 Å². The Balaban J connectivity index is 1.59. The van der Waals surface area contributed by atoms with Crippen molar-refractivity contribution in [1.29, 1.82) is 0 Å². The lowest BCUT2D eigenvalue weighted by Crippen LogP contribution is -2.29. The molecule has 0 bridgehead atoms. The van der Waals surface area contributed by atoms with E-state index in [4.69, 9.17) is 11.6 Å². The van der Waals surface area contributed by atoms with E-state index in [0.29, 0.717) is 0 Å². The van der Waals surface area contributed by atoms with E-state index in [-0.39, 0.29) is 0 Å². The Morgan fingerprint density at radius 2 is 2.19 bits per heavy atom. The molecule has 1 fully saturated rings. The van der Waals surface area contributed by atoms with Crippen molar-refractivity contribution in [2.45, 2.75) is 30.2 Å². The van der Waals surface area contributed by atoms with Gasteiger partial charge in [0.05, 0.1) is 4.34 Å². The van der Waals surface area contributed by atoms with Crippen LogP contribution in [-0.2, 0) is 19.2 Å². The molecule has 2 aromatic rings. The predicted octanol–water partition coefficient (Wildman–Crippen LogP) is 3.36. The third-order valence-electron chi connectivity index (χ3n) is 3.83. The SMILES string of the molecule is Cn1c(CC2CCNCC2)nnc1SCc1ccc(Cl)s1. The van der Waals surface area contributed by atoms with Gasteiger partial charge in [-0.1, -0.05) is 23.4 Å². The van der Waals surface area contributed by atoms with Crippen LogP contribution < -0.4 is 5.32 Å². The Morgan fingerprint density at radius 1 is 1.38 bits per heavy atom. The molecule has 0 radical (unpaired) electrons. The number of hydrogen-bond acceptors (Lipinski definition) is 5. The van der Waals surface area contributed by atoms with Gasteiger partial charge in [0.2, 0.25) is 0 Å². The number of thioether (sulfide) groups is 1. The number of piperidine rings is 1. The lowest BCUT2D eigenvalue weighted by molar-refractivity contribution is 0.363. The minimum absolute atomic E-state index is 0.739. The second-order valence-corrected chi connectivity index (χ2v) is 8.09. The number of rotatable bonds is 5. The molecule has 0 spiro atoms. The molecule has 0 saturated carbocycles. The van der Waals surface area contributed by atoms with Crippen LogP contribution in [0.1, 0.15) is 23.5 Å². The quantitative estimate of drug-likeness (QED) is 0.846. The summed E-state index contributed by atoms with van der Waals surface area (Å²) in [6.07, 6.45) is 3.52. The van der Waals surface area contributed by atoms with E-state index >= 15 is 0 Å². The molecule has 3 rings (SSSR count). The van der Waals surface area contributed by atoms with Gasteiger partial charge in [-0.25, -0.2) is 0 Å². The Hall–Kier alpha value is -0.560. The second-order valence-electron chi connectivity index (χ2n) is 5.35. The van der Waals surface area contributed by atoms with Crippen LogP contribution in [0.4, 0.5) is 0 Å². The third-order valence-corrected chi connectivity index (χ3v) is 6.31.